The molecule has 2 rings (SSSR count). The average Bonchev–Trinajstić information content (AvgIpc) is 2.51. The number of hydrogen-bond acceptors (Lipinski definition) is 3. The summed E-state index contributed by atoms with van der Waals surface area (Å²) in [5.41, 5.74) is 4.05. The van der Waals surface area contributed by atoms with Gasteiger partial charge < -0.3 is 20.1 Å². The zero-order valence-corrected chi connectivity index (χ0v) is 14.0. The van der Waals surface area contributed by atoms with E-state index in [2.05, 4.69) is 10.6 Å². The summed E-state index contributed by atoms with van der Waals surface area (Å²) < 4.78 is 10.6. The number of rotatable bonds is 4. The lowest BCUT2D eigenvalue weighted by atomic mass is 10.1. The van der Waals surface area contributed by atoms with Crippen molar-refractivity contribution in [3.8, 4) is 11.5 Å². The van der Waals surface area contributed by atoms with E-state index in [1.807, 2.05) is 50.2 Å². The molecule has 0 radical (unpaired) electrons. The van der Waals surface area contributed by atoms with Crippen LogP contribution in [0.4, 0.5) is 11.4 Å². The maximum Gasteiger partial charge on any atom is 0.175 e. The highest BCUT2D eigenvalue weighted by Crippen LogP contribution is 2.29. The van der Waals surface area contributed by atoms with Crippen molar-refractivity contribution in [1.29, 1.82) is 0 Å². The topological polar surface area (TPSA) is 42.5 Å². The molecular weight excluding hydrogens is 296 g/mol. The van der Waals surface area contributed by atoms with Crippen molar-refractivity contribution < 1.29 is 9.47 Å². The molecule has 0 amide bonds. The van der Waals surface area contributed by atoms with Crippen molar-refractivity contribution in [2.75, 3.05) is 24.9 Å². The van der Waals surface area contributed by atoms with Crippen LogP contribution in [0.1, 0.15) is 11.1 Å². The number of hydrogen-bond donors (Lipinski definition) is 2. The molecule has 0 heterocycles. The Kier molecular flexibility index (Phi) is 5.22. The van der Waals surface area contributed by atoms with E-state index in [4.69, 9.17) is 21.7 Å². The zero-order chi connectivity index (χ0) is 16.1. The molecule has 116 valence electrons. The minimum Gasteiger partial charge on any atom is -0.497 e. The van der Waals surface area contributed by atoms with Gasteiger partial charge >= 0.3 is 0 Å². The molecule has 0 aliphatic heterocycles. The lowest BCUT2D eigenvalue weighted by Crippen LogP contribution is -2.20. The third-order valence-electron chi connectivity index (χ3n) is 3.37. The summed E-state index contributed by atoms with van der Waals surface area (Å²) in [6, 6.07) is 11.6. The van der Waals surface area contributed by atoms with Crippen LogP contribution in [-0.4, -0.2) is 19.3 Å². The third-order valence-corrected chi connectivity index (χ3v) is 3.58. The monoisotopic (exact) mass is 316 g/mol. The quantitative estimate of drug-likeness (QED) is 0.830. The fourth-order valence-electron chi connectivity index (χ4n) is 2.19. The van der Waals surface area contributed by atoms with Crippen LogP contribution in [-0.2, 0) is 0 Å². The van der Waals surface area contributed by atoms with Crippen LogP contribution in [0.15, 0.2) is 36.4 Å². The number of para-hydroxylation sites is 1. The number of thiocarbonyl (C=S) groups is 1. The predicted molar refractivity (Wildman–Crippen MR) is 95.3 cm³/mol. The molecule has 0 unspecified atom stereocenters. The maximum atomic E-state index is 5.41. The molecular formula is C17H20N2O2S. The summed E-state index contributed by atoms with van der Waals surface area (Å²) in [6.45, 7) is 4.09. The van der Waals surface area contributed by atoms with E-state index < -0.39 is 0 Å². The van der Waals surface area contributed by atoms with Gasteiger partial charge in [0.2, 0.25) is 0 Å². The van der Waals surface area contributed by atoms with Gasteiger partial charge in [0.1, 0.15) is 11.5 Å². The zero-order valence-electron chi connectivity index (χ0n) is 13.2. The summed E-state index contributed by atoms with van der Waals surface area (Å²) >= 11 is 5.41. The van der Waals surface area contributed by atoms with Crippen molar-refractivity contribution in [2.24, 2.45) is 0 Å². The molecule has 0 atom stereocenters. The van der Waals surface area contributed by atoms with Crippen molar-refractivity contribution >= 4 is 28.7 Å². The first-order chi connectivity index (χ1) is 10.5. The van der Waals surface area contributed by atoms with Crippen LogP contribution in [0.3, 0.4) is 0 Å². The SMILES string of the molecule is COc1ccc(OC)c(NC(=S)Nc2c(C)cccc2C)c1. The number of benzene rings is 2. The van der Waals surface area contributed by atoms with Crippen LogP contribution < -0.4 is 20.1 Å². The third kappa shape index (κ3) is 3.68. The molecule has 0 saturated carbocycles. The van der Waals surface area contributed by atoms with E-state index >= 15 is 0 Å². The molecule has 0 fully saturated rings. The molecule has 2 aromatic carbocycles. The van der Waals surface area contributed by atoms with Gasteiger partial charge in [-0.3, -0.25) is 0 Å². The van der Waals surface area contributed by atoms with Crippen molar-refractivity contribution in [1.82, 2.24) is 0 Å². The van der Waals surface area contributed by atoms with Crippen molar-refractivity contribution in [3.05, 3.63) is 47.5 Å². The Balaban J connectivity index is 2.19. The van der Waals surface area contributed by atoms with E-state index in [0.29, 0.717) is 10.9 Å². The number of methoxy groups -OCH3 is 2. The number of nitrogens with one attached hydrogen (secondary N) is 2. The molecule has 2 aromatic rings. The Hall–Kier alpha value is -2.27. The highest BCUT2D eigenvalue weighted by atomic mass is 32.1. The Morgan fingerprint density at radius 1 is 0.955 bits per heavy atom. The molecule has 2 N–H and O–H groups in total. The standard InChI is InChI=1S/C17H20N2O2S/c1-11-6-5-7-12(2)16(11)19-17(22)18-14-10-13(20-3)8-9-15(14)21-4/h5-10H,1-4H3,(H2,18,19,22). The summed E-state index contributed by atoms with van der Waals surface area (Å²) in [5.74, 6) is 1.43. The van der Waals surface area contributed by atoms with Gasteiger partial charge in [-0.05, 0) is 49.3 Å². The van der Waals surface area contributed by atoms with E-state index in [9.17, 15) is 0 Å². The fourth-order valence-corrected chi connectivity index (χ4v) is 2.40. The molecule has 0 aliphatic rings. The second-order valence-electron chi connectivity index (χ2n) is 4.91. The van der Waals surface area contributed by atoms with Gasteiger partial charge in [0.15, 0.2) is 5.11 Å². The molecule has 22 heavy (non-hydrogen) atoms. The van der Waals surface area contributed by atoms with Crippen molar-refractivity contribution in [2.45, 2.75) is 13.8 Å². The second-order valence-corrected chi connectivity index (χ2v) is 5.32. The van der Waals surface area contributed by atoms with E-state index in [1.54, 1.807) is 14.2 Å². The van der Waals surface area contributed by atoms with Crippen LogP contribution in [0.2, 0.25) is 0 Å². The van der Waals surface area contributed by atoms with Gasteiger partial charge in [-0.1, -0.05) is 18.2 Å². The average molecular weight is 316 g/mol. The number of ether oxygens (including phenoxy) is 2. The van der Waals surface area contributed by atoms with Crippen LogP contribution >= 0.6 is 12.2 Å². The molecule has 4 nitrogen and oxygen atoms in total. The Labute approximate surface area is 136 Å². The van der Waals surface area contributed by atoms with E-state index in [1.165, 1.54) is 0 Å². The van der Waals surface area contributed by atoms with Crippen molar-refractivity contribution in [3.63, 3.8) is 0 Å². The minimum atomic E-state index is 0.504. The van der Waals surface area contributed by atoms with Crippen LogP contribution in [0.5, 0.6) is 11.5 Å². The molecule has 0 spiro atoms. The first-order valence-corrected chi connectivity index (χ1v) is 7.32. The molecule has 0 aromatic heterocycles. The van der Waals surface area contributed by atoms with E-state index in [0.717, 1.165) is 28.3 Å². The summed E-state index contributed by atoms with van der Waals surface area (Å²) in [6.07, 6.45) is 0. The van der Waals surface area contributed by atoms with Gasteiger partial charge in [0.05, 0.1) is 19.9 Å². The summed E-state index contributed by atoms with van der Waals surface area (Å²) in [4.78, 5) is 0. The van der Waals surface area contributed by atoms with Gasteiger partial charge in [-0.15, -0.1) is 0 Å². The lowest BCUT2D eigenvalue weighted by Gasteiger charge is -2.16. The molecule has 5 heteroatoms. The van der Waals surface area contributed by atoms with Gasteiger partial charge in [-0.2, -0.15) is 0 Å². The smallest absolute Gasteiger partial charge is 0.175 e. The molecule has 0 bridgehead atoms. The summed E-state index contributed by atoms with van der Waals surface area (Å²) in [7, 11) is 3.24. The highest BCUT2D eigenvalue weighted by molar-refractivity contribution is 7.80. The number of aryl methyl sites for hydroxylation is 2. The normalized spacial score (nSPS) is 10.0. The minimum absolute atomic E-state index is 0.504. The number of anilines is 2. The van der Waals surface area contributed by atoms with Gasteiger partial charge in [0, 0.05) is 11.8 Å². The fraction of sp³-hybridized carbons (Fsp3) is 0.235. The van der Waals surface area contributed by atoms with Gasteiger partial charge in [-0.25, -0.2) is 0 Å². The lowest BCUT2D eigenvalue weighted by molar-refractivity contribution is 0.405. The first-order valence-electron chi connectivity index (χ1n) is 6.91. The van der Waals surface area contributed by atoms with E-state index in [-0.39, 0.29) is 0 Å². The second kappa shape index (κ2) is 7.13. The maximum absolute atomic E-state index is 5.41. The largest absolute Gasteiger partial charge is 0.497 e. The van der Waals surface area contributed by atoms with Gasteiger partial charge in [0.25, 0.3) is 0 Å². The van der Waals surface area contributed by atoms with Crippen LogP contribution in [0, 0.1) is 13.8 Å². The summed E-state index contributed by atoms with van der Waals surface area (Å²) in [5, 5.41) is 6.90. The molecule has 0 saturated heterocycles. The predicted octanol–water partition coefficient (Wildman–Crippen LogP) is 4.13. The Morgan fingerprint density at radius 2 is 1.64 bits per heavy atom. The first kappa shape index (κ1) is 16.1. The highest BCUT2D eigenvalue weighted by Gasteiger charge is 2.09. The molecule has 0 aliphatic carbocycles. The Bertz CT molecular complexity index is 666. The van der Waals surface area contributed by atoms with Crippen LogP contribution in [0.25, 0.3) is 0 Å². The Morgan fingerprint density at radius 3 is 2.23 bits per heavy atom.